The number of unbranched alkanes of at least 4 members (excludes halogenated alkanes) is 4. The lowest BCUT2D eigenvalue weighted by Crippen LogP contribution is -2.32. The van der Waals surface area contributed by atoms with Gasteiger partial charge in [0.2, 0.25) is 0 Å². The van der Waals surface area contributed by atoms with Crippen molar-refractivity contribution in [1.29, 1.82) is 0 Å². The van der Waals surface area contributed by atoms with Crippen molar-refractivity contribution < 1.29 is 14.6 Å². The van der Waals surface area contributed by atoms with Crippen molar-refractivity contribution in [2.24, 2.45) is 5.73 Å². The number of hydrogen-bond acceptors (Lipinski definition) is 3. The molecule has 0 aliphatic rings. The van der Waals surface area contributed by atoms with Crippen molar-refractivity contribution in [1.82, 2.24) is 0 Å². The van der Waals surface area contributed by atoms with E-state index in [2.05, 4.69) is 6.92 Å². The Morgan fingerprint density at radius 3 is 2.75 bits per heavy atom. The van der Waals surface area contributed by atoms with E-state index in [-0.39, 0.29) is 0 Å². The second-order valence-electron chi connectivity index (χ2n) is 5.06. The van der Waals surface area contributed by atoms with E-state index < -0.39 is 12.0 Å². The van der Waals surface area contributed by atoms with Crippen LogP contribution < -0.4 is 10.5 Å². The summed E-state index contributed by atoms with van der Waals surface area (Å²) in [7, 11) is 0. The van der Waals surface area contributed by atoms with Crippen LogP contribution in [0.3, 0.4) is 0 Å². The first-order valence-corrected chi connectivity index (χ1v) is 7.33. The maximum atomic E-state index is 10.7. The Labute approximate surface area is 120 Å². The van der Waals surface area contributed by atoms with Gasteiger partial charge in [-0.25, -0.2) is 0 Å². The van der Waals surface area contributed by atoms with Gasteiger partial charge in [-0.2, -0.15) is 0 Å². The standard InChI is InChI=1S/C16H25NO3/c1-2-3-4-5-6-10-20-14-9-7-8-13(11-14)12-15(17)16(18)19/h7-9,11,15H,2-6,10,12,17H2,1H3,(H,18,19). The maximum absolute atomic E-state index is 10.7. The van der Waals surface area contributed by atoms with E-state index in [9.17, 15) is 4.79 Å². The Morgan fingerprint density at radius 1 is 1.30 bits per heavy atom. The molecule has 0 spiro atoms. The average Bonchev–Trinajstić information content (AvgIpc) is 2.43. The summed E-state index contributed by atoms with van der Waals surface area (Å²) >= 11 is 0. The molecule has 0 aromatic heterocycles. The van der Waals surface area contributed by atoms with Crippen LogP contribution in [0, 0.1) is 0 Å². The van der Waals surface area contributed by atoms with Crippen molar-refractivity contribution in [3.8, 4) is 5.75 Å². The number of hydrogen-bond donors (Lipinski definition) is 2. The summed E-state index contributed by atoms with van der Waals surface area (Å²) in [5.74, 6) is -0.192. The van der Waals surface area contributed by atoms with E-state index >= 15 is 0 Å². The minimum absolute atomic E-state index is 0.322. The first kappa shape index (κ1) is 16.5. The van der Waals surface area contributed by atoms with E-state index in [0.717, 1.165) is 17.7 Å². The molecule has 4 heteroatoms. The zero-order chi connectivity index (χ0) is 14.8. The molecule has 0 aliphatic carbocycles. The lowest BCUT2D eigenvalue weighted by Gasteiger charge is -2.10. The van der Waals surface area contributed by atoms with E-state index in [0.29, 0.717) is 13.0 Å². The van der Waals surface area contributed by atoms with Crippen LogP contribution in [0.5, 0.6) is 5.75 Å². The molecule has 0 heterocycles. The van der Waals surface area contributed by atoms with E-state index in [1.807, 2.05) is 24.3 Å². The van der Waals surface area contributed by atoms with Gasteiger partial charge in [-0.05, 0) is 30.5 Å². The molecule has 1 rings (SSSR count). The molecule has 1 aromatic rings. The van der Waals surface area contributed by atoms with Gasteiger partial charge in [0, 0.05) is 0 Å². The molecule has 0 radical (unpaired) electrons. The van der Waals surface area contributed by atoms with Gasteiger partial charge in [-0.1, -0.05) is 44.7 Å². The molecule has 1 aromatic carbocycles. The van der Waals surface area contributed by atoms with Crippen LogP contribution in [-0.4, -0.2) is 23.7 Å². The van der Waals surface area contributed by atoms with E-state index in [1.165, 1.54) is 25.7 Å². The predicted molar refractivity (Wildman–Crippen MR) is 80.0 cm³/mol. The monoisotopic (exact) mass is 279 g/mol. The van der Waals surface area contributed by atoms with Crippen molar-refractivity contribution in [2.75, 3.05) is 6.61 Å². The van der Waals surface area contributed by atoms with E-state index in [4.69, 9.17) is 15.6 Å². The Balaban J connectivity index is 2.34. The summed E-state index contributed by atoms with van der Waals surface area (Å²) < 4.78 is 5.68. The number of nitrogens with two attached hydrogens (primary N) is 1. The summed E-state index contributed by atoms with van der Waals surface area (Å²) in [6.45, 7) is 2.90. The fraction of sp³-hybridized carbons (Fsp3) is 0.562. The zero-order valence-electron chi connectivity index (χ0n) is 12.2. The van der Waals surface area contributed by atoms with Gasteiger partial charge >= 0.3 is 5.97 Å². The number of aliphatic carboxylic acids is 1. The van der Waals surface area contributed by atoms with Gasteiger partial charge in [0.25, 0.3) is 0 Å². The fourth-order valence-corrected chi connectivity index (χ4v) is 2.00. The number of carboxylic acids is 1. The molecule has 1 unspecified atom stereocenters. The van der Waals surface area contributed by atoms with Crippen molar-refractivity contribution >= 4 is 5.97 Å². The molecule has 20 heavy (non-hydrogen) atoms. The molecule has 0 bridgehead atoms. The highest BCUT2D eigenvalue weighted by molar-refractivity contribution is 5.73. The molecule has 0 fully saturated rings. The normalized spacial score (nSPS) is 12.1. The SMILES string of the molecule is CCCCCCCOc1cccc(CC(N)C(=O)O)c1. The first-order valence-electron chi connectivity index (χ1n) is 7.33. The van der Waals surface area contributed by atoms with Crippen LogP contribution in [0.25, 0.3) is 0 Å². The third-order valence-electron chi connectivity index (χ3n) is 3.19. The number of carbonyl (C=O) groups is 1. The lowest BCUT2D eigenvalue weighted by molar-refractivity contribution is -0.138. The van der Waals surface area contributed by atoms with Crippen molar-refractivity contribution in [3.05, 3.63) is 29.8 Å². The van der Waals surface area contributed by atoms with Crippen LogP contribution in [-0.2, 0) is 11.2 Å². The summed E-state index contributed by atoms with van der Waals surface area (Å²) in [5, 5.41) is 8.80. The highest BCUT2D eigenvalue weighted by Crippen LogP contribution is 2.15. The minimum atomic E-state index is -0.979. The molecular formula is C16H25NO3. The molecule has 1 atom stereocenters. The molecule has 0 aliphatic heterocycles. The van der Waals surface area contributed by atoms with E-state index in [1.54, 1.807) is 0 Å². The highest BCUT2D eigenvalue weighted by atomic mass is 16.5. The summed E-state index contributed by atoms with van der Waals surface area (Å²) in [4.78, 5) is 10.7. The van der Waals surface area contributed by atoms with Gasteiger partial charge in [0.05, 0.1) is 6.61 Å². The van der Waals surface area contributed by atoms with Gasteiger partial charge in [-0.15, -0.1) is 0 Å². The van der Waals surface area contributed by atoms with Gasteiger partial charge in [0.15, 0.2) is 0 Å². The van der Waals surface area contributed by atoms with Crippen LogP contribution in [0.1, 0.15) is 44.6 Å². The third kappa shape index (κ3) is 6.57. The number of carboxylic acid groups (broad SMARTS) is 1. The lowest BCUT2D eigenvalue weighted by atomic mass is 10.1. The van der Waals surface area contributed by atoms with Crippen LogP contribution in [0.2, 0.25) is 0 Å². The predicted octanol–water partition coefficient (Wildman–Crippen LogP) is 2.99. The van der Waals surface area contributed by atoms with Crippen LogP contribution in [0.15, 0.2) is 24.3 Å². The quantitative estimate of drug-likeness (QED) is 0.646. The summed E-state index contributed by atoms with van der Waals surface area (Å²) in [6.07, 6.45) is 6.35. The Morgan fingerprint density at radius 2 is 2.05 bits per heavy atom. The van der Waals surface area contributed by atoms with Crippen molar-refractivity contribution in [3.63, 3.8) is 0 Å². The molecule has 3 N–H and O–H groups in total. The smallest absolute Gasteiger partial charge is 0.320 e. The Kier molecular flexibility index (Phi) is 7.73. The Bertz CT molecular complexity index is 406. The number of rotatable bonds is 10. The molecule has 112 valence electrons. The maximum Gasteiger partial charge on any atom is 0.320 e. The first-order chi connectivity index (χ1) is 9.63. The second-order valence-corrected chi connectivity index (χ2v) is 5.06. The van der Waals surface area contributed by atoms with Crippen LogP contribution >= 0.6 is 0 Å². The topological polar surface area (TPSA) is 72.5 Å². The highest BCUT2D eigenvalue weighted by Gasteiger charge is 2.12. The second kappa shape index (κ2) is 9.37. The molecule has 0 saturated carbocycles. The molecule has 4 nitrogen and oxygen atoms in total. The average molecular weight is 279 g/mol. The summed E-state index contributed by atoms with van der Waals surface area (Å²) in [5.41, 5.74) is 6.42. The fourth-order valence-electron chi connectivity index (χ4n) is 2.00. The molecule has 0 saturated heterocycles. The zero-order valence-corrected chi connectivity index (χ0v) is 12.2. The number of ether oxygens (including phenoxy) is 1. The van der Waals surface area contributed by atoms with Crippen LogP contribution in [0.4, 0.5) is 0 Å². The van der Waals surface area contributed by atoms with Gasteiger partial charge in [-0.3, -0.25) is 4.79 Å². The largest absolute Gasteiger partial charge is 0.494 e. The van der Waals surface area contributed by atoms with Gasteiger partial charge in [0.1, 0.15) is 11.8 Å². The number of benzene rings is 1. The Hall–Kier alpha value is -1.55. The third-order valence-corrected chi connectivity index (χ3v) is 3.19. The van der Waals surface area contributed by atoms with Crippen molar-refractivity contribution in [2.45, 2.75) is 51.5 Å². The minimum Gasteiger partial charge on any atom is -0.494 e. The molecule has 0 amide bonds. The molecular weight excluding hydrogens is 254 g/mol. The summed E-state index contributed by atoms with van der Waals surface area (Å²) in [6, 6.07) is 6.64. The van der Waals surface area contributed by atoms with Gasteiger partial charge < -0.3 is 15.6 Å².